The Morgan fingerprint density at radius 3 is 1.74 bits per heavy atom. The largest absolute Gasteiger partial charge is 0.486 e. The third-order valence-corrected chi connectivity index (χ3v) is 9.86. The summed E-state index contributed by atoms with van der Waals surface area (Å²) in [5.41, 5.74) is 3.47. The number of halogens is 8. The molecule has 18 heteroatoms. The summed E-state index contributed by atoms with van der Waals surface area (Å²) in [6.45, 7) is 1.91. The summed E-state index contributed by atoms with van der Waals surface area (Å²) in [6.07, 6.45) is 11.2. The van der Waals surface area contributed by atoms with Gasteiger partial charge in [-0.3, -0.25) is 0 Å². The second kappa shape index (κ2) is 21.6. The highest BCUT2D eigenvalue weighted by atomic mass is 35.5. The van der Waals surface area contributed by atoms with Crippen molar-refractivity contribution in [3.05, 3.63) is 177 Å². The Kier molecular flexibility index (Phi) is 17.3. The topological polar surface area (TPSA) is 117 Å². The smallest absolute Gasteiger partial charge is 0.291 e. The van der Waals surface area contributed by atoms with Crippen LogP contribution in [0.4, 0.5) is 0 Å². The highest BCUT2D eigenvalue weighted by Crippen LogP contribution is 2.37. The van der Waals surface area contributed by atoms with Crippen molar-refractivity contribution in [1.82, 2.24) is 19.1 Å². The number of aromatic nitrogens is 4. The van der Waals surface area contributed by atoms with E-state index < -0.39 is 5.09 Å². The van der Waals surface area contributed by atoms with Gasteiger partial charge in [0.05, 0.1) is 35.9 Å². The summed E-state index contributed by atoms with van der Waals surface area (Å²) in [4.78, 5) is 16.5. The molecule has 0 bridgehead atoms. The van der Waals surface area contributed by atoms with E-state index in [1.54, 1.807) is 67.5 Å². The zero-order valence-electron chi connectivity index (χ0n) is 27.8. The Morgan fingerprint density at radius 1 is 0.685 bits per heavy atom. The predicted molar refractivity (Wildman–Crippen MR) is 215 cm³/mol. The quantitative estimate of drug-likeness (QED) is 0.0960. The van der Waals surface area contributed by atoms with Crippen LogP contribution >= 0.6 is 92.8 Å². The fraction of sp³-hybridized carbons (Fsp3) is 0.167. The number of benzene rings is 4. The van der Waals surface area contributed by atoms with Gasteiger partial charge < -0.3 is 23.8 Å². The molecule has 6 rings (SSSR count). The van der Waals surface area contributed by atoms with Crippen LogP contribution in [0.25, 0.3) is 0 Å². The van der Waals surface area contributed by atoms with E-state index in [1.807, 2.05) is 45.8 Å². The fourth-order valence-corrected chi connectivity index (χ4v) is 6.81. The van der Waals surface area contributed by atoms with Crippen molar-refractivity contribution >= 4 is 92.8 Å². The van der Waals surface area contributed by atoms with Gasteiger partial charge in [0.2, 0.25) is 0 Å². The van der Waals surface area contributed by atoms with Gasteiger partial charge in [-0.25, -0.2) is 9.97 Å². The molecule has 54 heavy (non-hydrogen) atoms. The van der Waals surface area contributed by atoms with E-state index in [2.05, 4.69) is 9.97 Å². The maximum absolute atomic E-state index is 8.36. The zero-order chi connectivity index (χ0) is 39.2. The molecule has 10 nitrogen and oxygen atoms in total. The third-order valence-electron chi connectivity index (χ3n) is 7.42. The second-order valence-electron chi connectivity index (χ2n) is 11.1. The maximum atomic E-state index is 8.36. The van der Waals surface area contributed by atoms with Crippen LogP contribution in [0.3, 0.4) is 0 Å². The first-order chi connectivity index (χ1) is 25.8. The van der Waals surface area contributed by atoms with Crippen LogP contribution in [0, 0.1) is 10.1 Å². The molecule has 0 fully saturated rings. The number of rotatable bonds is 12. The van der Waals surface area contributed by atoms with Crippen molar-refractivity contribution < 1.29 is 19.8 Å². The molecule has 0 saturated heterocycles. The van der Waals surface area contributed by atoms with E-state index in [1.165, 1.54) is 0 Å². The summed E-state index contributed by atoms with van der Waals surface area (Å²) in [5, 5.41) is 18.0. The minimum atomic E-state index is -1.50. The van der Waals surface area contributed by atoms with Gasteiger partial charge in [0, 0.05) is 72.6 Å². The number of hydrogen-bond donors (Lipinski definition) is 1. The molecule has 0 saturated carbocycles. The van der Waals surface area contributed by atoms with E-state index in [0.717, 1.165) is 35.2 Å². The standard InChI is InChI=1S/2C18H14Cl4N2O.HNO3/c19-14-3-1-13(16(21)9-14)10-25-18-15(20)4-2-12(17(18)22)5-7-24-8-6-23-11-24;19-13-2-1-12(16(21)7-13)10-25-18(9-24-6-5-23-11-24)15-4-3-14(20)8-17(15)22;2-1(3)4/h1-4,6,8-9,11H,5,7,10H2;1-8,11,18H,9-10H2;(H,2,3,4). The Morgan fingerprint density at radius 2 is 1.20 bits per heavy atom. The zero-order valence-corrected chi connectivity index (χ0v) is 33.8. The molecule has 0 spiro atoms. The molecule has 284 valence electrons. The SMILES string of the molecule is Clc1ccc(COC(Cn2ccnc2)c2ccc(Cl)cc2Cl)c(Cl)c1.Clc1ccc(COc2c(Cl)ccc(CCn3ccnc3)c2Cl)c(Cl)c1.O=[N+]([O-])O. The molecule has 6 aromatic rings. The normalized spacial score (nSPS) is 11.2. The molecular weight excluding hydrogens is 866 g/mol. The third kappa shape index (κ3) is 13.7. The highest BCUT2D eigenvalue weighted by molar-refractivity contribution is 6.38. The van der Waals surface area contributed by atoms with Gasteiger partial charge in [0.15, 0.2) is 5.75 Å². The molecule has 1 N–H and O–H groups in total. The molecule has 1 unspecified atom stereocenters. The Bertz CT molecular complexity index is 2120. The Labute approximate surface area is 350 Å². The summed E-state index contributed by atoms with van der Waals surface area (Å²) in [7, 11) is 0. The van der Waals surface area contributed by atoms with Gasteiger partial charge in [-0.2, -0.15) is 0 Å². The van der Waals surface area contributed by atoms with E-state index >= 15 is 0 Å². The first-order valence-electron chi connectivity index (χ1n) is 15.6. The number of nitrogens with zero attached hydrogens (tertiary/aromatic N) is 5. The molecule has 4 aromatic carbocycles. The van der Waals surface area contributed by atoms with Crippen LogP contribution in [0.5, 0.6) is 5.75 Å². The van der Waals surface area contributed by atoms with Crippen LogP contribution in [0.15, 0.2) is 104 Å². The van der Waals surface area contributed by atoms with Gasteiger partial charge >= 0.3 is 0 Å². The molecule has 0 aliphatic carbocycles. The summed E-state index contributed by atoms with van der Waals surface area (Å²) in [5.74, 6) is 0.456. The number of aryl methyl sites for hydroxylation is 2. The first-order valence-corrected chi connectivity index (χ1v) is 18.6. The highest BCUT2D eigenvalue weighted by Gasteiger charge is 2.18. The number of ether oxygens (including phenoxy) is 2. The van der Waals surface area contributed by atoms with Gasteiger partial charge in [0.1, 0.15) is 12.7 Å². The average Bonchev–Trinajstić information content (AvgIpc) is 3.83. The summed E-state index contributed by atoms with van der Waals surface area (Å²) in [6, 6.07) is 19.6. The molecule has 0 radical (unpaired) electrons. The van der Waals surface area contributed by atoms with Gasteiger partial charge in [0.25, 0.3) is 5.09 Å². The van der Waals surface area contributed by atoms with Crippen LogP contribution in [-0.4, -0.2) is 29.4 Å². The minimum absolute atomic E-state index is 0.250. The molecule has 1 atom stereocenters. The van der Waals surface area contributed by atoms with Gasteiger partial charge in [-0.05, 0) is 60.0 Å². The van der Waals surface area contributed by atoms with Crippen molar-refractivity contribution in [3.8, 4) is 5.75 Å². The van der Waals surface area contributed by atoms with Crippen molar-refractivity contribution in [2.24, 2.45) is 0 Å². The maximum Gasteiger partial charge on any atom is 0.291 e. The lowest BCUT2D eigenvalue weighted by Gasteiger charge is -2.21. The summed E-state index contributed by atoms with van der Waals surface area (Å²) >= 11 is 49.4. The van der Waals surface area contributed by atoms with Crippen LogP contribution < -0.4 is 4.74 Å². The second-order valence-corrected chi connectivity index (χ2v) is 14.4. The van der Waals surface area contributed by atoms with Gasteiger partial charge in [-0.15, -0.1) is 10.1 Å². The Hall–Kier alpha value is -3.42. The lowest BCUT2D eigenvalue weighted by Crippen LogP contribution is -2.12. The van der Waals surface area contributed by atoms with Crippen molar-refractivity contribution in [2.45, 2.75) is 38.8 Å². The molecule has 0 aliphatic rings. The molecule has 2 heterocycles. The van der Waals surface area contributed by atoms with E-state index in [4.69, 9.17) is 118 Å². The first kappa shape index (κ1) is 43.3. The molecular formula is C36H29Cl8N5O5. The number of hydrogen-bond acceptors (Lipinski definition) is 6. The lowest BCUT2D eigenvalue weighted by molar-refractivity contribution is -0.742. The van der Waals surface area contributed by atoms with Crippen LogP contribution in [0.1, 0.15) is 28.4 Å². The van der Waals surface area contributed by atoms with E-state index in [0.29, 0.717) is 59.1 Å². The van der Waals surface area contributed by atoms with Crippen LogP contribution in [-0.2, 0) is 37.5 Å². The average molecular weight is 895 g/mol. The number of imidazole rings is 2. The fourth-order valence-electron chi connectivity index (χ4n) is 4.77. The van der Waals surface area contributed by atoms with Crippen molar-refractivity contribution in [2.75, 3.05) is 0 Å². The molecule has 2 aromatic heterocycles. The van der Waals surface area contributed by atoms with Gasteiger partial charge in [-0.1, -0.05) is 117 Å². The Balaban J connectivity index is 0.000000219. The molecule has 0 amide bonds. The van der Waals surface area contributed by atoms with Crippen LogP contribution in [0.2, 0.25) is 40.2 Å². The predicted octanol–water partition coefficient (Wildman–Crippen LogP) is 12.4. The lowest BCUT2D eigenvalue weighted by atomic mass is 10.1. The monoisotopic (exact) mass is 891 g/mol. The van der Waals surface area contributed by atoms with Crippen molar-refractivity contribution in [1.29, 1.82) is 0 Å². The molecule has 0 aliphatic heterocycles. The van der Waals surface area contributed by atoms with E-state index in [-0.39, 0.29) is 12.7 Å². The minimum Gasteiger partial charge on any atom is -0.486 e. The van der Waals surface area contributed by atoms with E-state index in [9.17, 15) is 0 Å². The van der Waals surface area contributed by atoms with Crippen molar-refractivity contribution in [3.63, 3.8) is 0 Å². The summed E-state index contributed by atoms with van der Waals surface area (Å²) < 4.78 is 15.9.